The Morgan fingerprint density at radius 1 is 1.26 bits per heavy atom. The second kappa shape index (κ2) is 9.11. The Morgan fingerprint density at radius 2 is 2.00 bits per heavy atom. The van der Waals surface area contributed by atoms with Crippen LogP contribution in [0.3, 0.4) is 0 Å². The number of rotatable bonds is 6. The number of nitrogens with zero attached hydrogens (tertiary/aromatic N) is 2. The number of hydrogen-bond donors (Lipinski definition) is 0. The number of nitro groups is 1. The number of hydrogen-bond acceptors (Lipinski definition) is 7. The predicted molar refractivity (Wildman–Crippen MR) is 94.1 cm³/mol. The van der Waals surface area contributed by atoms with Gasteiger partial charge < -0.3 is 14.4 Å². The van der Waals surface area contributed by atoms with Crippen molar-refractivity contribution >= 4 is 23.5 Å². The zero-order valence-electron chi connectivity index (χ0n) is 15.3. The molecule has 0 spiro atoms. The average Bonchev–Trinajstić information content (AvgIpc) is 2.65. The molecule has 0 aromatic heterocycles. The molecule has 2 rings (SSSR count). The lowest BCUT2D eigenvalue weighted by Gasteiger charge is -2.33. The maximum Gasteiger partial charge on any atom is 0.338 e. The van der Waals surface area contributed by atoms with Crippen LogP contribution >= 0.6 is 0 Å². The Balaban J connectivity index is 1.99. The summed E-state index contributed by atoms with van der Waals surface area (Å²) in [5.41, 5.74) is 0.332. The van der Waals surface area contributed by atoms with Gasteiger partial charge in [-0.1, -0.05) is 0 Å². The van der Waals surface area contributed by atoms with Crippen LogP contribution in [0.2, 0.25) is 0 Å². The lowest BCUT2D eigenvalue weighted by molar-refractivity contribution is -0.385. The fourth-order valence-corrected chi connectivity index (χ4v) is 2.99. The fourth-order valence-electron chi connectivity index (χ4n) is 2.99. The van der Waals surface area contributed by atoms with Crippen molar-refractivity contribution in [2.45, 2.75) is 39.2 Å². The number of benzene rings is 1. The van der Waals surface area contributed by atoms with Crippen LogP contribution in [0.25, 0.3) is 0 Å². The zero-order valence-corrected chi connectivity index (χ0v) is 15.3. The van der Waals surface area contributed by atoms with E-state index in [0.29, 0.717) is 18.5 Å². The van der Waals surface area contributed by atoms with Gasteiger partial charge >= 0.3 is 11.9 Å². The molecule has 0 unspecified atom stereocenters. The fraction of sp³-hybridized carbons (Fsp3) is 0.500. The highest BCUT2D eigenvalue weighted by Crippen LogP contribution is 2.20. The third-order valence-corrected chi connectivity index (χ3v) is 4.34. The van der Waals surface area contributed by atoms with Gasteiger partial charge in [-0.05, 0) is 45.2 Å². The molecule has 0 bridgehead atoms. The van der Waals surface area contributed by atoms with E-state index in [1.807, 2.05) is 0 Å². The standard InChI is InChI=1S/C18H22N2O7/c1-3-26-18(23)15-6-4-5-9-19(15)16(21)11-27-17(22)13-7-8-14(20(24)25)12(2)10-13/h7-8,10,15H,3-6,9,11H2,1-2H3/t15-/m0/s1. The van der Waals surface area contributed by atoms with Gasteiger partial charge in [0.25, 0.3) is 11.6 Å². The van der Waals surface area contributed by atoms with Crippen molar-refractivity contribution in [3.63, 3.8) is 0 Å². The molecule has 1 aliphatic heterocycles. The van der Waals surface area contributed by atoms with Crippen molar-refractivity contribution in [2.24, 2.45) is 0 Å². The first-order valence-corrected chi connectivity index (χ1v) is 8.73. The van der Waals surface area contributed by atoms with Gasteiger partial charge in [0.2, 0.25) is 0 Å². The van der Waals surface area contributed by atoms with E-state index in [1.165, 1.54) is 30.0 Å². The van der Waals surface area contributed by atoms with E-state index in [1.54, 1.807) is 6.92 Å². The van der Waals surface area contributed by atoms with Crippen molar-refractivity contribution < 1.29 is 28.8 Å². The largest absolute Gasteiger partial charge is 0.464 e. The number of esters is 2. The maximum absolute atomic E-state index is 12.4. The summed E-state index contributed by atoms with van der Waals surface area (Å²) in [6.07, 6.45) is 2.09. The average molecular weight is 378 g/mol. The number of nitro benzene ring substituents is 1. The minimum absolute atomic E-state index is 0.103. The Bertz CT molecular complexity index is 747. The van der Waals surface area contributed by atoms with Crippen molar-refractivity contribution in [3.8, 4) is 0 Å². The second-order valence-corrected chi connectivity index (χ2v) is 6.19. The maximum atomic E-state index is 12.4. The van der Waals surface area contributed by atoms with Crippen molar-refractivity contribution in [1.29, 1.82) is 0 Å². The smallest absolute Gasteiger partial charge is 0.338 e. The molecule has 0 aliphatic carbocycles. The summed E-state index contributed by atoms with van der Waals surface area (Å²) in [7, 11) is 0. The minimum Gasteiger partial charge on any atom is -0.464 e. The second-order valence-electron chi connectivity index (χ2n) is 6.19. The molecule has 1 aromatic rings. The summed E-state index contributed by atoms with van der Waals surface area (Å²) >= 11 is 0. The van der Waals surface area contributed by atoms with Crippen molar-refractivity contribution in [1.82, 2.24) is 4.90 Å². The van der Waals surface area contributed by atoms with E-state index < -0.39 is 35.4 Å². The molecule has 1 fully saturated rings. The van der Waals surface area contributed by atoms with Gasteiger partial charge in [0.15, 0.2) is 6.61 Å². The Kier molecular flexibility index (Phi) is 6.86. The molecule has 1 saturated heterocycles. The van der Waals surface area contributed by atoms with Gasteiger partial charge in [-0.15, -0.1) is 0 Å². The van der Waals surface area contributed by atoms with Crippen LogP contribution < -0.4 is 0 Å². The highest BCUT2D eigenvalue weighted by atomic mass is 16.6. The van der Waals surface area contributed by atoms with Gasteiger partial charge in [0.1, 0.15) is 6.04 Å². The molecule has 1 atom stereocenters. The van der Waals surface area contributed by atoms with Gasteiger partial charge in [-0.25, -0.2) is 9.59 Å². The molecule has 9 nitrogen and oxygen atoms in total. The molecule has 146 valence electrons. The Hall–Kier alpha value is -2.97. The van der Waals surface area contributed by atoms with E-state index >= 15 is 0 Å². The molecular formula is C18H22N2O7. The highest BCUT2D eigenvalue weighted by molar-refractivity contribution is 5.92. The molecule has 9 heteroatoms. The summed E-state index contributed by atoms with van der Waals surface area (Å²) in [6, 6.07) is 3.18. The highest BCUT2D eigenvalue weighted by Gasteiger charge is 2.33. The zero-order chi connectivity index (χ0) is 20.0. The number of ether oxygens (including phenoxy) is 2. The normalized spacial score (nSPS) is 16.5. The van der Waals surface area contributed by atoms with E-state index in [4.69, 9.17) is 9.47 Å². The number of aryl methyl sites for hydroxylation is 1. The number of likely N-dealkylation sites (tertiary alicyclic amines) is 1. The van der Waals surface area contributed by atoms with Gasteiger partial charge in [-0.3, -0.25) is 14.9 Å². The van der Waals surface area contributed by atoms with E-state index in [-0.39, 0.29) is 17.9 Å². The number of carbonyl (C=O) groups is 3. The van der Waals surface area contributed by atoms with Crippen LogP contribution in [0.4, 0.5) is 5.69 Å². The van der Waals surface area contributed by atoms with Crippen LogP contribution in [0.5, 0.6) is 0 Å². The number of piperidine rings is 1. The summed E-state index contributed by atoms with van der Waals surface area (Å²) in [5, 5.41) is 10.8. The van der Waals surface area contributed by atoms with E-state index in [9.17, 15) is 24.5 Å². The minimum atomic E-state index is -0.758. The molecule has 1 heterocycles. The molecule has 27 heavy (non-hydrogen) atoms. The summed E-state index contributed by atoms with van der Waals surface area (Å²) < 4.78 is 10.0. The third-order valence-electron chi connectivity index (χ3n) is 4.34. The van der Waals surface area contributed by atoms with Crippen LogP contribution in [0, 0.1) is 17.0 Å². The van der Waals surface area contributed by atoms with Crippen molar-refractivity contribution in [3.05, 3.63) is 39.4 Å². The van der Waals surface area contributed by atoms with Gasteiger partial charge in [0, 0.05) is 18.2 Å². The molecular weight excluding hydrogens is 356 g/mol. The summed E-state index contributed by atoms with van der Waals surface area (Å²) in [5.74, 6) is -1.69. The lowest BCUT2D eigenvalue weighted by Crippen LogP contribution is -2.50. The first-order valence-electron chi connectivity index (χ1n) is 8.73. The predicted octanol–water partition coefficient (Wildman–Crippen LogP) is 2.00. The topological polar surface area (TPSA) is 116 Å². The molecule has 0 saturated carbocycles. The molecule has 0 N–H and O–H groups in total. The van der Waals surface area contributed by atoms with Gasteiger partial charge in [0.05, 0.1) is 17.1 Å². The first-order chi connectivity index (χ1) is 12.8. The monoisotopic (exact) mass is 378 g/mol. The molecule has 1 amide bonds. The first kappa shape index (κ1) is 20.3. The van der Waals surface area contributed by atoms with Gasteiger partial charge in [-0.2, -0.15) is 0 Å². The van der Waals surface area contributed by atoms with E-state index in [2.05, 4.69) is 0 Å². The van der Waals surface area contributed by atoms with Crippen LogP contribution in [-0.4, -0.2) is 53.5 Å². The third kappa shape index (κ3) is 5.02. The quantitative estimate of drug-likeness (QED) is 0.422. The van der Waals surface area contributed by atoms with Crippen LogP contribution in [0.15, 0.2) is 18.2 Å². The summed E-state index contributed by atoms with van der Waals surface area (Å²) in [6.45, 7) is 3.33. The SMILES string of the molecule is CCOC(=O)[C@@H]1CCCCN1C(=O)COC(=O)c1ccc([N+](=O)[O-])c(C)c1. The molecule has 1 aliphatic rings. The number of carbonyl (C=O) groups excluding carboxylic acids is 3. The Labute approximate surface area is 156 Å². The number of amides is 1. The van der Waals surface area contributed by atoms with Crippen LogP contribution in [-0.2, 0) is 19.1 Å². The molecule has 0 radical (unpaired) electrons. The molecule has 1 aromatic carbocycles. The Morgan fingerprint density at radius 3 is 2.63 bits per heavy atom. The van der Waals surface area contributed by atoms with Crippen molar-refractivity contribution in [2.75, 3.05) is 19.8 Å². The summed E-state index contributed by atoms with van der Waals surface area (Å²) in [4.78, 5) is 48.2. The van der Waals surface area contributed by atoms with E-state index in [0.717, 1.165) is 12.8 Å². The lowest BCUT2D eigenvalue weighted by atomic mass is 10.0. The van der Waals surface area contributed by atoms with Crippen LogP contribution in [0.1, 0.15) is 42.1 Å².